The number of hydrogen-bond acceptors (Lipinski definition) is 0. The van der Waals surface area contributed by atoms with Crippen LogP contribution in [0.1, 0.15) is 0 Å². The van der Waals surface area contributed by atoms with Crippen molar-refractivity contribution in [3.8, 4) is 55.9 Å². The molecule has 1 aliphatic carbocycles. The van der Waals surface area contributed by atoms with E-state index in [1.807, 2.05) is 0 Å². The molecule has 0 unspecified atom stereocenters. The van der Waals surface area contributed by atoms with Gasteiger partial charge in [-0.3, -0.25) is 0 Å². The minimum absolute atomic E-state index is 1.16. The molecule has 0 radical (unpaired) electrons. The van der Waals surface area contributed by atoms with Gasteiger partial charge in [-0.25, -0.2) is 0 Å². The van der Waals surface area contributed by atoms with E-state index in [9.17, 15) is 0 Å². The zero-order valence-electron chi connectivity index (χ0n) is 31.5. The van der Waals surface area contributed by atoms with Gasteiger partial charge in [0.05, 0.1) is 22.1 Å². The Hall–Kier alpha value is -7.68. The number of fused-ring (bicyclic) bond motifs is 11. The minimum Gasteiger partial charge on any atom is -0.309 e. The van der Waals surface area contributed by atoms with Crippen molar-refractivity contribution in [2.24, 2.45) is 0 Å². The van der Waals surface area contributed by atoms with Crippen molar-refractivity contribution < 1.29 is 0 Å². The Bertz CT molecular complexity index is 3670. The molecule has 12 aromatic rings. The number of benzene rings is 10. The normalized spacial score (nSPS) is 12.1. The molecule has 0 fully saturated rings. The van der Waals surface area contributed by atoms with Crippen LogP contribution in [0, 0.1) is 0 Å². The summed E-state index contributed by atoms with van der Waals surface area (Å²) in [5, 5.41) is 10.2. The summed E-state index contributed by atoms with van der Waals surface area (Å²) in [6.45, 7) is 0. The lowest BCUT2D eigenvalue weighted by atomic mass is 9.97. The maximum atomic E-state index is 2.45. The van der Waals surface area contributed by atoms with Crippen molar-refractivity contribution in [2.75, 3.05) is 0 Å². The van der Waals surface area contributed by atoms with Crippen LogP contribution in [0.15, 0.2) is 206 Å². The highest BCUT2D eigenvalue weighted by atomic mass is 15.0. The van der Waals surface area contributed by atoms with Crippen molar-refractivity contribution in [3.05, 3.63) is 206 Å². The van der Waals surface area contributed by atoms with Crippen LogP contribution in [0.4, 0.5) is 0 Å². The maximum Gasteiger partial charge on any atom is 0.0619 e. The molecule has 2 nitrogen and oxygen atoms in total. The van der Waals surface area contributed by atoms with E-state index in [1.165, 1.54) is 115 Å². The molecule has 0 spiro atoms. The molecular weight excluding hydrogens is 701 g/mol. The molecule has 0 saturated heterocycles. The van der Waals surface area contributed by atoms with E-state index in [-0.39, 0.29) is 0 Å². The van der Waals surface area contributed by atoms with Crippen LogP contribution in [0.3, 0.4) is 0 Å². The molecule has 2 heteroatoms. The van der Waals surface area contributed by atoms with E-state index in [2.05, 4.69) is 215 Å². The Morgan fingerprint density at radius 1 is 0.259 bits per heavy atom. The molecule has 268 valence electrons. The van der Waals surface area contributed by atoms with E-state index in [0.717, 1.165) is 5.69 Å². The van der Waals surface area contributed by atoms with Gasteiger partial charge in [0.2, 0.25) is 0 Å². The monoisotopic (exact) mass is 734 g/mol. The summed E-state index contributed by atoms with van der Waals surface area (Å²) >= 11 is 0. The molecule has 0 atom stereocenters. The zero-order chi connectivity index (χ0) is 37.9. The largest absolute Gasteiger partial charge is 0.309 e. The van der Waals surface area contributed by atoms with Gasteiger partial charge in [0.25, 0.3) is 0 Å². The van der Waals surface area contributed by atoms with Crippen LogP contribution >= 0.6 is 0 Å². The summed E-state index contributed by atoms with van der Waals surface area (Å²) in [5.74, 6) is 0. The van der Waals surface area contributed by atoms with Crippen LogP contribution in [0.2, 0.25) is 0 Å². The first-order chi connectivity index (χ1) is 28.8. The van der Waals surface area contributed by atoms with Crippen LogP contribution < -0.4 is 0 Å². The maximum absolute atomic E-state index is 2.45. The fourth-order valence-corrected chi connectivity index (χ4v) is 10.0. The van der Waals surface area contributed by atoms with Gasteiger partial charge in [-0.05, 0) is 115 Å². The molecule has 2 heterocycles. The van der Waals surface area contributed by atoms with Gasteiger partial charge in [-0.1, -0.05) is 152 Å². The Labute approximate surface area is 335 Å². The molecule has 0 amide bonds. The standard InChI is InChI=1S/C56H34N2/c1-2-15-41(16-3-1)58-54-34-40(25-28-46(54)49-29-23-35-11-4-5-18-43(35)56(49)58)39-26-30-53-51(33-39)45-19-6-7-22-52(45)57(53)42-17-8-14-37(31-42)38-24-27-44-47-20-9-12-36-13-10-21-48(55(36)47)50(44)32-38/h1-34H. The Morgan fingerprint density at radius 3 is 1.78 bits per heavy atom. The van der Waals surface area contributed by atoms with Crippen LogP contribution in [0.5, 0.6) is 0 Å². The Kier molecular flexibility index (Phi) is 6.47. The van der Waals surface area contributed by atoms with Gasteiger partial charge in [0.15, 0.2) is 0 Å². The van der Waals surface area contributed by atoms with Gasteiger partial charge in [-0.2, -0.15) is 0 Å². The summed E-state index contributed by atoms with van der Waals surface area (Å²) in [5.41, 5.74) is 17.3. The third kappa shape index (κ3) is 4.43. The summed E-state index contributed by atoms with van der Waals surface area (Å²) < 4.78 is 4.89. The lowest BCUT2D eigenvalue weighted by Gasteiger charge is -2.12. The highest BCUT2D eigenvalue weighted by Gasteiger charge is 2.22. The average molecular weight is 735 g/mol. The number of aromatic nitrogens is 2. The molecule has 0 bridgehead atoms. The number of para-hydroxylation sites is 2. The molecule has 10 aromatic carbocycles. The molecule has 58 heavy (non-hydrogen) atoms. The number of hydrogen-bond donors (Lipinski definition) is 0. The first kappa shape index (κ1) is 31.5. The van der Waals surface area contributed by atoms with Crippen LogP contribution in [-0.2, 0) is 0 Å². The zero-order valence-corrected chi connectivity index (χ0v) is 31.5. The Balaban J connectivity index is 0.959. The first-order valence-electron chi connectivity index (χ1n) is 20.1. The van der Waals surface area contributed by atoms with Crippen molar-refractivity contribution in [1.29, 1.82) is 0 Å². The highest BCUT2D eigenvalue weighted by molar-refractivity contribution is 6.19. The molecule has 1 aliphatic rings. The SMILES string of the molecule is c1ccc(-n2c3cc(-c4ccc5c(c4)c4ccccc4n5-c4cccc(-c5ccc6c(c5)-c5cccc7cccc-6c57)c4)ccc3c3ccc4ccccc4c32)cc1. The molecule has 2 aromatic heterocycles. The lowest BCUT2D eigenvalue weighted by molar-refractivity contribution is 1.18. The molecule has 0 aliphatic heterocycles. The highest BCUT2D eigenvalue weighted by Crippen LogP contribution is 2.48. The fraction of sp³-hybridized carbons (Fsp3) is 0. The summed E-state index contributed by atoms with van der Waals surface area (Å²) in [6.07, 6.45) is 0. The minimum atomic E-state index is 1.16. The van der Waals surface area contributed by atoms with E-state index in [4.69, 9.17) is 0 Å². The third-order valence-corrected chi connectivity index (χ3v) is 12.6. The summed E-state index contributed by atoms with van der Waals surface area (Å²) in [6, 6.07) is 76.3. The molecule has 0 N–H and O–H groups in total. The van der Waals surface area contributed by atoms with E-state index < -0.39 is 0 Å². The van der Waals surface area contributed by atoms with Gasteiger partial charge in [0.1, 0.15) is 0 Å². The average Bonchev–Trinajstić information content (AvgIpc) is 3.93. The van der Waals surface area contributed by atoms with Crippen molar-refractivity contribution in [2.45, 2.75) is 0 Å². The van der Waals surface area contributed by atoms with Gasteiger partial charge in [0, 0.05) is 38.3 Å². The van der Waals surface area contributed by atoms with Gasteiger partial charge in [-0.15, -0.1) is 0 Å². The molecule has 0 saturated carbocycles. The second-order valence-electron chi connectivity index (χ2n) is 15.7. The third-order valence-electron chi connectivity index (χ3n) is 12.6. The van der Waals surface area contributed by atoms with Crippen molar-refractivity contribution in [1.82, 2.24) is 9.13 Å². The van der Waals surface area contributed by atoms with Gasteiger partial charge >= 0.3 is 0 Å². The second kappa shape index (κ2) is 11.9. The fourth-order valence-electron chi connectivity index (χ4n) is 10.0. The van der Waals surface area contributed by atoms with Crippen molar-refractivity contribution >= 4 is 65.2 Å². The van der Waals surface area contributed by atoms with Gasteiger partial charge < -0.3 is 9.13 Å². The summed E-state index contributed by atoms with van der Waals surface area (Å²) in [7, 11) is 0. The summed E-state index contributed by atoms with van der Waals surface area (Å²) in [4.78, 5) is 0. The van der Waals surface area contributed by atoms with Crippen LogP contribution in [-0.4, -0.2) is 9.13 Å². The number of rotatable bonds is 4. The topological polar surface area (TPSA) is 9.86 Å². The quantitative estimate of drug-likeness (QED) is 0.170. The molecular formula is C56H34N2. The smallest absolute Gasteiger partial charge is 0.0619 e. The lowest BCUT2D eigenvalue weighted by Crippen LogP contribution is -1.95. The van der Waals surface area contributed by atoms with E-state index in [0.29, 0.717) is 0 Å². The first-order valence-corrected chi connectivity index (χ1v) is 20.1. The van der Waals surface area contributed by atoms with E-state index >= 15 is 0 Å². The van der Waals surface area contributed by atoms with Crippen LogP contribution in [0.25, 0.3) is 121 Å². The van der Waals surface area contributed by atoms with E-state index in [1.54, 1.807) is 0 Å². The molecule has 13 rings (SSSR count). The Morgan fingerprint density at radius 2 is 0.879 bits per heavy atom. The second-order valence-corrected chi connectivity index (χ2v) is 15.7. The van der Waals surface area contributed by atoms with Crippen molar-refractivity contribution in [3.63, 3.8) is 0 Å². The predicted molar refractivity (Wildman–Crippen MR) is 245 cm³/mol. The number of nitrogens with zero attached hydrogens (tertiary/aromatic N) is 2. The predicted octanol–water partition coefficient (Wildman–Crippen LogP) is 15.2.